The van der Waals surface area contributed by atoms with E-state index in [1.807, 2.05) is 0 Å². The maximum absolute atomic E-state index is 5.39. The van der Waals surface area contributed by atoms with Gasteiger partial charge in [0.15, 0.2) is 5.96 Å². The summed E-state index contributed by atoms with van der Waals surface area (Å²) in [6.07, 6.45) is 5.39. The van der Waals surface area contributed by atoms with Crippen molar-refractivity contribution in [3.8, 4) is 0 Å². The van der Waals surface area contributed by atoms with Crippen molar-refractivity contribution in [2.45, 2.75) is 46.5 Å². The highest BCUT2D eigenvalue weighted by atomic mass is 127. The minimum Gasteiger partial charge on any atom is -0.379 e. The fraction of sp³-hybridized carbons (Fsp3) is 0.944. The number of ether oxygens (including phenoxy) is 1. The van der Waals surface area contributed by atoms with Gasteiger partial charge in [0.2, 0.25) is 0 Å². The minimum absolute atomic E-state index is 0. The molecule has 0 aromatic carbocycles. The minimum atomic E-state index is 0. The Bertz CT molecular complexity index is 366. The number of nitrogens with zero attached hydrogens (tertiary/aromatic N) is 2. The van der Waals surface area contributed by atoms with E-state index in [2.05, 4.69) is 36.3 Å². The molecule has 142 valence electrons. The Morgan fingerprint density at radius 3 is 2.46 bits per heavy atom. The Hall–Kier alpha value is -0.0800. The Morgan fingerprint density at radius 2 is 1.92 bits per heavy atom. The van der Waals surface area contributed by atoms with Gasteiger partial charge in [0.1, 0.15) is 0 Å². The summed E-state index contributed by atoms with van der Waals surface area (Å²) in [6, 6.07) is 0. The molecule has 6 heteroatoms. The highest BCUT2D eigenvalue weighted by Crippen LogP contribution is 2.46. The molecule has 5 nitrogen and oxygen atoms in total. The highest BCUT2D eigenvalue weighted by molar-refractivity contribution is 14.0. The third-order valence-electron chi connectivity index (χ3n) is 5.00. The number of guanidine groups is 1. The molecule has 0 aromatic heterocycles. The van der Waals surface area contributed by atoms with E-state index in [1.54, 1.807) is 0 Å². The number of hydrogen-bond acceptors (Lipinski definition) is 3. The van der Waals surface area contributed by atoms with E-state index in [0.29, 0.717) is 5.41 Å². The zero-order chi connectivity index (χ0) is 16.5. The van der Waals surface area contributed by atoms with E-state index in [1.165, 1.54) is 25.7 Å². The van der Waals surface area contributed by atoms with Crippen LogP contribution in [-0.2, 0) is 4.74 Å². The number of hydrogen-bond donors (Lipinski definition) is 2. The fourth-order valence-corrected chi connectivity index (χ4v) is 3.72. The highest BCUT2D eigenvalue weighted by Gasteiger charge is 2.37. The molecule has 1 saturated heterocycles. The molecule has 0 aromatic rings. The number of rotatable bonds is 8. The SMILES string of the molecule is CCNC(=NCC1(CC(C)C)CCC1)NCCN1CCOCC1.I. The van der Waals surface area contributed by atoms with Gasteiger partial charge < -0.3 is 15.4 Å². The van der Waals surface area contributed by atoms with Gasteiger partial charge in [-0.25, -0.2) is 0 Å². The van der Waals surface area contributed by atoms with Gasteiger partial charge >= 0.3 is 0 Å². The summed E-state index contributed by atoms with van der Waals surface area (Å²) in [4.78, 5) is 7.35. The smallest absolute Gasteiger partial charge is 0.191 e. The molecule has 1 heterocycles. The predicted molar refractivity (Wildman–Crippen MR) is 112 cm³/mol. The molecule has 1 aliphatic heterocycles. The van der Waals surface area contributed by atoms with Crippen molar-refractivity contribution >= 4 is 29.9 Å². The van der Waals surface area contributed by atoms with Crippen molar-refractivity contribution in [3.05, 3.63) is 0 Å². The van der Waals surface area contributed by atoms with Crippen LogP contribution in [0.2, 0.25) is 0 Å². The third-order valence-corrected chi connectivity index (χ3v) is 5.00. The second kappa shape index (κ2) is 11.5. The molecule has 0 amide bonds. The Balaban J connectivity index is 0.00000288. The molecule has 1 saturated carbocycles. The van der Waals surface area contributed by atoms with Gasteiger partial charge in [-0.05, 0) is 37.5 Å². The maximum Gasteiger partial charge on any atom is 0.191 e. The first-order chi connectivity index (χ1) is 11.1. The van der Waals surface area contributed by atoms with Gasteiger partial charge in [-0.1, -0.05) is 20.3 Å². The standard InChI is InChI=1S/C18H36N4O.HI/c1-4-19-17(20-8-9-22-10-12-23-13-11-22)21-15-18(6-5-7-18)14-16(2)3;/h16H,4-15H2,1-3H3,(H2,19,20,21);1H. The van der Waals surface area contributed by atoms with Crippen LogP contribution in [0, 0.1) is 11.3 Å². The number of morpholine rings is 1. The van der Waals surface area contributed by atoms with Crippen molar-refractivity contribution in [2.75, 3.05) is 52.5 Å². The molecule has 2 N–H and O–H groups in total. The first-order valence-corrected chi connectivity index (χ1v) is 9.46. The summed E-state index contributed by atoms with van der Waals surface area (Å²) >= 11 is 0. The average Bonchev–Trinajstić information content (AvgIpc) is 2.50. The van der Waals surface area contributed by atoms with Gasteiger partial charge in [-0.3, -0.25) is 9.89 Å². The van der Waals surface area contributed by atoms with Crippen LogP contribution < -0.4 is 10.6 Å². The molecule has 0 spiro atoms. The van der Waals surface area contributed by atoms with E-state index in [-0.39, 0.29) is 24.0 Å². The maximum atomic E-state index is 5.39. The summed E-state index contributed by atoms with van der Waals surface area (Å²) in [5, 5.41) is 6.89. The molecule has 0 atom stereocenters. The lowest BCUT2D eigenvalue weighted by atomic mass is 9.64. The van der Waals surface area contributed by atoms with E-state index in [9.17, 15) is 0 Å². The number of nitrogens with one attached hydrogen (secondary N) is 2. The summed E-state index contributed by atoms with van der Waals surface area (Å²) < 4.78 is 5.39. The number of aliphatic imine (C=N–C) groups is 1. The molecule has 24 heavy (non-hydrogen) atoms. The van der Waals surface area contributed by atoms with Gasteiger partial charge in [-0.2, -0.15) is 0 Å². The Morgan fingerprint density at radius 1 is 1.21 bits per heavy atom. The van der Waals surface area contributed by atoms with Crippen LogP contribution in [0.5, 0.6) is 0 Å². The van der Waals surface area contributed by atoms with Crippen molar-refractivity contribution in [3.63, 3.8) is 0 Å². The van der Waals surface area contributed by atoms with Gasteiger partial charge in [0.05, 0.1) is 13.2 Å². The molecule has 2 fully saturated rings. The van der Waals surface area contributed by atoms with Crippen LogP contribution >= 0.6 is 24.0 Å². The summed E-state index contributed by atoms with van der Waals surface area (Å²) in [5.41, 5.74) is 0.473. The summed E-state index contributed by atoms with van der Waals surface area (Å²) in [6.45, 7) is 14.5. The number of halogens is 1. The van der Waals surface area contributed by atoms with Crippen LogP contribution in [0.15, 0.2) is 4.99 Å². The molecule has 1 aliphatic carbocycles. The predicted octanol–water partition coefficient (Wildman–Crippen LogP) is 2.71. The largest absolute Gasteiger partial charge is 0.379 e. The van der Waals surface area contributed by atoms with E-state index in [0.717, 1.165) is 64.4 Å². The van der Waals surface area contributed by atoms with Gasteiger partial charge in [-0.15, -0.1) is 24.0 Å². The molecule has 2 aliphatic rings. The van der Waals surface area contributed by atoms with Crippen LogP contribution in [-0.4, -0.2) is 63.3 Å². The second-order valence-corrected chi connectivity index (χ2v) is 7.53. The second-order valence-electron chi connectivity index (χ2n) is 7.53. The molecular weight excluding hydrogens is 415 g/mol. The van der Waals surface area contributed by atoms with E-state index in [4.69, 9.17) is 9.73 Å². The lowest BCUT2D eigenvalue weighted by molar-refractivity contribution is 0.0389. The topological polar surface area (TPSA) is 48.9 Å². The van der Waals surface area contributed by atoms with Crippen LogP contribution in [0.4, 0.5) is 0 Å². The molecule has 0 bridgehead atoms. The molecule has 0 radical (unpaired) electrons. The molecular formula is C18H37IN4O. The third kappa shape index (κ3) is 7.44. The van der Waals surface area contributed by atoms with Crippen molar-refractivity contribution in [2.24, 2.45) is 16.3 Å². The molecule has 2 rings (SSSR count). The monoisotopic (exact) mass is 452 g/mol. The van der Waals surface area contributed by atoms with Crippen molar-refractivity contribution in [1.82, 2.24) is 15.5 Å². The Kier molecular flexibility index (Phi) is 10.5. The first-order valence-electron chi connectivity index (χ1n) is 9.46. The quantitative estimate of drug-likeness (QED) is 0.338. The van der Waals surface area contributed by atoms with E-state index >= 15 is 0 Å². The van der Waals surface area contributed by atoms with Crippen molar-refractivity contribution in [1.29, 1.82) is 0 Å². The Labute approximate surface area is 165 Å². The summed E-state index contributed by atoms with van der Waals surface area (Å²) in [5.74, 6) is 1.75. The molecule has 0 unspecified atom stereocenters. The lowest BCUT2D eigenvalue weighted by Gasteiger charge is -2.42. The zero-order valence-electron chi connectivity index (χ0n) is 15.8. The summed E-state index contributed by atoms with van der Waals surface area (Å²) in [7, 11) is 0. The fourth-order valence-electron chi connectivity index (χ4n) is 3.72. The van der Waals surface area contributed by atoms with Gasteiger partial charge in [0.25, 0.3) is 0 Å². The van der Waals surface area contributed by atoms with Crippen LogP contribution in [0.1, 0.15) is 46.5 Å². The van der Waals surface area contributed by atoms with Gasteiger partial charge in [0, 0.05) is 39.3 Å². The van der Waals surface area contributed by atoms with Crippen LogP contribution in [0.25, 0.3) is 0 Å². The van der Waals surface area contributed by atoms with E-state index < -0.39 is 0 Å². The zero-order valence-corrected chi connectivity index (χ0v) is 18.1. The van der Waals surface area contributed by atoms with Crippen LogP contribution in [0.3, 0.4) is 0 Å². The van der Waals surface area contributed by atoms with Crippen molar-refractivity contribution < 1.29 is 4.74 Å². The average molecular weight is 452 g/mol. The normalized spacial score (nSPS) is 21.1. The lowest BCUT2D eigenvalue weighted by Crippen LogP contribution is -2.45. The first kappa shape index (κ1) is 22.0.